The Morgan fingerprint density at radius 3 is 2.46 bits per heavy atom. The van der Waals surface area contributed by atoms with Crippen LogP contribution in [0.25, 0.3) is 0 Å². The number of amides is 5. The van der Waals surface area contributed by atoms with Crippen LogP contribution >= 0.6 is 11.6 Å². The maximum Gasteiger partial charge on any atom is 0.334 e. The van der Waals surface area contributed by atoms with E-state index in [-0.39, 0.29) is 23.2 Å². The van der Waals surface area contributed by atoms with E-state index in [0.717, 1.165) is 11.0 Å². The van der Waals surface area contributed by atoms with E-state index in [9.17, 15) is 23.6 Å². The van der Waals surface area contributed by atoms with Crippen LogP contribution in [0.2, 0.25) is 5.02 Å². The molecule has 24 heavy (non-hydrogen) atoms. The molecule has 9 heteroatoms. The Morgan fingerprint density at radius 2 is 1.83 bits per heavy atom. The van der Waals surface area contributed by atoms with Crippen molar-refractivity contribution in [1.82, 2.24) is 9.80 Å². The van der Waals surface area contributed by atoms with Gasteiger partial charge in [0, 0.05) is 11.6 Å². The first-order chi connectivity index (χ1) is 11.2. The number of imide groups is 2. The summed E-state index contributed by atoms with van der Waals surface area (Å²) in [6, 6.07) is 2.71. The number of carbonyl (C=O) groups is 4. The molecule has 0 aliphatic carbocycles. The van der Waals surface area contributed by atoms with Crippen molar-refractivity contribution in [2.45, 2.75) is 13.8 Å². The molecular formula is C15H15ClFN3O4. The van der Waals surface area contributed by atoms with Gasteiger partial charge in [-0.3, -0.25) is 19.3 Å². The predicted octanol–water partition coefficient (Wildman–Crippen LogP) is 1.86. The molecule has 128 valence electrons. The van der Waals surface area contributed by atoms with E-state index in [2.05, 4.69) is 5.32 Å². The van der Waals surface area contributed by atoms with E-state index in [4.69, 9.17) is 11.6 Å². The molecule has 1 aromatic rings. The standard InChI is InChI=1S/C15H15ClFN3O4/c1-8(2)6-19-13(22)14(23)20(15(19)24)7-12(21)18-11-5-9(16)3-4-10(11)17/h3-5,8H,6-7H2,1-2H3,(H,18,21). The van der Waals surface area contributed by atoms with Crippen molar-refractivity contribution in [2.24, 2.45) is 5.92 Å². The third kappa shape index (κ3) is 3.70. The third-order valence-electron chi connectivity index (χ3n) is 3.19. The Hall–Kier alpha value is -2.48. The Labute approximate surface area is 142 Å². The first kappa shape index (κ1) is 17.9. The summed E-state index contributed by atoms with van der Waals surface area (Å²) in [7, 11) is 0. The van der Waals surface area contributed by atoms with Gasteiger partial charge in [0.2, 0.25) is 5.91 Å². The van der Waals surface area contributed by atoms with Crippen LogP contribution in [0.4, 0.5) is 14.9 Å². The minimum absolute atomic E-state index is 0.0277. The van der Waals surface area contributed by atoms with E-state index in [1.54, 1.807) is 13.8 Å². The summed E-state index contributed by atoms with van der Waals surface area (Å²) in [5.41, 5.74) is -0.183. The van der Waals surface area contributed by atoms with Crippen molar-refractivity contribution in [3.05, 3.63) is 29.0 Å². The van der Waals surface area contributed by atoms with Crippen molar-refractivity contribution >= 4 is 41.0 Å². The van der Waals surface area contributed by atoms with E-state index in [0.29, 0.717) is 4.90 Å². The summed E-state index contributed by atoms with van der Waals surface area (Å²) in [5.74, 6) is -3.63. The van der Waals surface area contributed by atoms with Gasteiger partial charge in [0.25, 0.3) is 0 Å². The molecule has 0 bridgehead atoms. The Bertz CT molecular complexity index is 723. The number of nitrogens with zero attached hydrogens (tertiary/aromatic N) is 2. The second-order valence-electron chi connectivity index (χ2n) is 5.66. The smallest absolute Gasteiger partial charge is 0.322 e. The van der Waals surface area contributed by atoms with Crippen LogP contribution in [0.3, 0.4) is 0 Å². The second kappa shape index (κ2) is 6.96. The van der Waals surface area contributed by atoms with Gasteiger partial charge in [0.05, 0.1) is 5.69 Å². The molecule has 7 nitrogen and oxygen atoms in total. The van der Waals surface area contributed by atoms with Crippen LogP contribution in [0.1, 0.15) is 13.8 Å². The van der Waals surface area contributed by atoms with E-state index < -0.39 is 36.1 Å². The number of hydrogen-bond donors (Lipinski definition) is 1. The number of hydrogen-bond acceptors (Lipinski definition) is 4. The fourth-order valence-corrected chi connectivity index (χ4v) is 2.31. The Morgan fingerprint density at radius 1 is 1.21 bits per heavy atom. The normalized spacial score (nSPS) is 14.8. The highest BCUT2D eigenvalue weighted by Gasteiger charge is 2.45. The van der Waals surface area contributed by atoms with E-state index >= 15 is 0 Å². The summed E-state index contributed by atoms with van der Waals surface area (Å²) < 4.78 is 13.6. The third-order valence-corrected chi connectivity index (χ3v) is 3.42. The summed E-state index contributed by atoms with van der Waals surface area (Å²) in [6.07, 6.45) is 0. The Balaban J connectivity index is 2.08. The lowest BCUT2D eigenvalue weighted by Crippen LogP contribution is -2.39. The van der Waals surface area contributed by atoms with Crippen molar-refractivity contribution in [3.63, 3.8) is 0 Å². The number of carbonyl (C=O) groups excluding carboxylic acids is 4. The zero-order valence-electron chi connectivity index (χ0n) is 13.0. The predicted molar refractivity (Wildman–Crippen MR) is 83.7 cm³/mol. The lowest BCUT2D eigenvalue weighted by molar-refractivity contribution is -0.143. The molecule has 5 amide bonds. The highest BCUT2D eigenvalue weighted by atomic mass is 35.5. The van der Waals surface area contributed by atoms with Crippen molar-refractivity contribution in [1.29, 1.82) is 0 Å². The number of halogens is 2. The molecule has 0 aromatic heterocycles. The average Bonchev–Trinajstić information content (AvgIpc) is 2.68. The molecule has 1 aromatic carbocycles. The molecule has 1 heterocycles. The molecule has 0 spiro atoms. The zero-order valence-corrected chi connectivity index (χ0v) is 13.8. The summed E-state index contributed by atoms with van der Waals surface area (Å²) in [5, 5.41) is 2.42. The minimum Gasteiger partial charge on any atom is -0.322 e. The van der Waals surface area contributed by atoms with Crippen LogP contribution in [-0.4, -0.2) is 46.6 Å². The zero-order chi connectivity index (χ0) is 18.0. The van der Waals surface area contributed by atoms with E-state index in [1.807, 2.05) is 0 Å². The van der Waals surface area contributed by atoms with Crippen molar-refractivity contribution < 1.29 is 23.6 Å². The van der Waals surface area contributed by atoms with Crippen LogP contribution in [0.5, 0.6) is 0 Å². The Kier molecular flexibility index (Phi) is 5.18. The first-order valence-electron chi connectivity index (χ1n) is 7.13. The van der Waals surface area contributed by atoms with Gasteiger partial charge in [0.15, 0.2) is 0 Å². The van der Waals surface area contributed by atoms with E-state index in [1.165, 1.54) is 12.1 Å². The van der Waals surface area contributed by atoms with Crippen molar-refractivity contribution in [2.75, 3.05) is 18.4 Å². The maximum absolute atomic E-state index is 13.6. The van der Waals surface area contributed by atoms with Crippen LogP contribution in [0, 0.1) is 11.7 Å². The molecule has 0 radical (unpaired) electrons. The van der Waals surface area contributed by atoms with Crippen LogP contribution < -0.4 is 5.32 Å². The van der Waals surface area contributed by atoms with Gasteiger partial charge in [-0.2, -0.15) is 0 Å². The quantitative estimate of drug-likeness (QED) is 0.645. The number of benzene rings is 1. The SMILES string of the molecule is CC(C)CN1C(=O)C(=O)N(CC(=O)Nc2cc(Cl)ccc2F)C1=O. The minimum atomic E-state index is -1.08. The molecule has 2 rings (SSSR count). The van der Waals surface area contributed by atoms with Gasteiger partial charge in [-0.25, -0.2) is 14.1 Å². The van der Waals surface area contributed by atoms with Crippen molar-refractivity contribution in [3.8, 4) is 0 Å². The molecule has 0 atom stereocenters. The highest BCUT2D eigenvalue weighted by Crippen LogP contribution is 2.20. The maximum atomic E-state index is 13.6. The second-order valence-corrected chi connectivity index (χ2v) is 6.09. The lowest BCUT2D eigenvalue weighted by Gasteiger charge is -2.17. The molecular weight excluding hydrogens is 341 g/mol. The molecule has 1 aliphatic heterocycles. The average molecular weight is 356 g/mol. The number of rotatable bonds is 5. The largest absolute Gasteiger partial charge is 0.334 e. The van der Waals surface area contributed by atoms with Gasteiger partial charge in [0.1, 0.15) is 12.4 Å². The molecule has 1 fully saturated rings. The molecule has 1 saturated heterocycles. The molecule has 0 unspecified atom stereocenters. The number of urea groups is 1. The molecule has 1 N–H and O–H groups in total. The number of nitrogens with one attached hydrogen (secondary N) is 1. The topological polar surface area (TPSA) is 86.8 Å². The van der Waals surface area contributed by atoms with Crippen LogP contribution in [-0.2, 0) is 14.4 Å². The highest BCUT2D eigenvalue weighted by molar-refractivity contribution is 6.45. The van der Waals surface area contributed by atoms with Gasteiger partial charge >= 0.3 is 17.8 Å². The van der Waals surface area contributed by atoms with Crippen LogP contribution in [0.15, 0.2) is 18.2 Å². The summed E-state index contributed by atoms with van der Waals surface area (Å²) in [4.78, 5) is 49.1. The first-order valence-corrected chi connectivity index (χ1v) is 7.50. The summed E-state index contributed by atoms with van der Waals surface area (Å²) >= 11 is 5.72. The summed E-state index contributed by atoms with van der Waals surface area (Å²) in [6.45, 7) is 2.94. The van der Waals surface area contributed by atoms with Gasteiger partial charge in [-0.1, -0.05) is 25.4 Å². The number of anilines is 1. The fourth-order valence-electron chi connectivity index (χ4n) is 2.14. The van der Waals surface area contributed by atoms with Gasteiger partial charge in [-0.15, -0.1) is 0 Å². The van der Waals surface area contributed by atoms with Gasteiger partial charge in [-0.05, 0) is 24.1 Å². The molecule has 1 aliphatic rings. The monoisotopic (exact) mass is 355 g/mol. The molecule has 0 saturated carbocycles. The lowest BCUT2D eigenvalue weighted by atomic mass is 10.2. The van der Waals surface area contributed by atoms with Gasteiger partial charge < -0.3 is 5.32 Å². The fraction of sp³-hybridized carbons (Fsp3) is 0.333.